The molecule has 252 valence electrons. The molecule has 2 aromatic rings. The van der Waals surface area contributed by atoms with E-state index in [1.54, 1.807) is 0 Å². The quantitative estimate of drug-likeness (QED) is 0.137. The third-order valence-electron chi connectivity index (χ3n) is 7.37. The zero-order valence-corrected chi connectivity index (χ0v) is 24.0. The van der Waals surface area contributed by atoms with Crippen LogP contribution in [0.4, 0.5) is 0 Å². The van der Waals surface area contributed by atoms with Crippen LogP contribution in [0.5, 0.6) is 0 Å². The fourth-order valence-corrected chi connectivity index (χ4v) is 5.98. The van der Waals surface area contributed by atoms with Gasteiger partial charge in [-0.3, -0.25) is 9.59 Å². The average Bonchev–Trinajstić information content (AvgIpc) is 2.91. The van der Waals surface area contributed by atoms with Gasteiger partial charge < -0.3 is 79.2 Å². The topological polar surface area (TPSA) is 355 Å². The zero-order valence-electron chi connectivity index (χ0n) is 24.0. The van der Waals surface area contributed by atoms with Crippen LogP contribution in [0.2, 0.25) is 0 Å². The number of hydrogen-bond acceptors (Lipinski definition) is 18. The van der Waals surface area contributed by atoms with E-state index in [9.17, 15) is 88.8 Å². The Kier molecular flexibility index (Phi) is 10.4. The maximum absolute atomic E-state index is 14.4. The number of hydrogen-bond donors (Lipinski definition) is 0. The van der Waals surface area contributed by atoms with Gasteiger partial charge in [-0.1, -0.05) is 0 Å². The molecular formula is C30H16O18-8. The summed E-state index contributed by atoms with van der Waals surface area (Å²) in [5.41, 5.74) is -11.6. The molecule has 48 heavy (non-hydrogen) atoms. The van der Waals surface area contributed by atoms with E-state index < -0.39 is 177 Å². The van der Waals surface area contributed by atoms with Crippen molar-refractivity contribution in [2.45, 2.75) is 51.4 Å². The Hall–Kier alpha value is -6.46. The molecule has 0 spiro atoms. The number of carbonyl (C=O) groups excluding carboxylic acids is 10. The number of aliphatic carboxylic acids is 8. The van der Waals surface area contributed by atoms with E-state index in [1.165, 1.54) is 0 Å². The molecule has 0 unspecified atom stereocenters. The van der Waals surface area contributed by atoms with E-state index in [2.05, 4.69) is 0 Å². The van der Waals surface area contributed by atoms with Crippen molar-refractivity contribution in [1.29, 1.82) is 0 Å². The van der Waals surface area contributed by atoms with Gasteiger partial charge >= 0.3 is 0 Å². The van der Waals surface area contributed by atoms with Gasteiger partial charge in [-0.25, -0.2) is 0 Å². The minimum atomic E-state index is -2.07. The van der Waals surface area contributed by atoms with Gasteiger partial charge in [0, 0.05) is 121 Å². The molecule has 0 aliphatic heterocycles. The third kappa shape index (κ3) is 7.33. The van der Waals surface area contributed by atoms with E-state index in [-0.39, 0.29) is 0 Å². The van der Waals surface area contributed by atoms with Crippen LogP contribution >= 0.6 is 0 Å². The molecule has 3 rings (SSSR count). The van der Waals surface area contributed by atoms with Crippen molar-refractivity contribution < 1.29 is 88.8 Å². The highest BCUT2D eigenvalue weighted by molar-refractivity contribution is 6.31. The summed E-state index contributed by atoms with van der Waals surface area (Å²) in [6.07, 6.45) is -11.4. The molecule has 0 atom stereocenters. The van der Waals surface area contributed by atoms with Crippen LogP contribution in [0, 0.1) is 0 Å². The maximum Gasteiger partial charge on any atom is 0.195 e. The highest BCUT2D eigenvalue weighted by Crippen LogP contribution is 2.42. The number of ketones is 2. The summed E-state index contributed by atoms with van der Waals surface area (Å²) in [5, 5.41) is 94.2. The van der Waals surface area contributed by atoms with Gasteiger partial charge in [-0.15, -0.1) is 0 Å². The summed E-state index contributed by atoms with van der Waals surface area (Å²) in [7, 11) is 0. The molecule has 18 nitrogen and oxygen atoms in total. The van der Waals surface area contributed by atoms with Crippen molar-refractivity contribution in [1.82, 2.24) is 0 Å². The van der Waals surface area contributed by atoms with Crippen LogP contribution in [0.3, 0.4) is 0 Å². The van der Waals surface area contributed by atoms with Gasteiger partial charge in [-0.2, -0.15) is 0 Å². The van der Waals surface area contributed by atoms with Crippen LogP contribution in [-0.4, -0.2) is 59.3 Å². The average molecular weight is 664 g/mol. The first kappa shape index (κ1) is 36.0. The van der Waals surface area contributed by atoms with Crippen molar-refractivity contribution >= 4 is 59.3 Å². The predicted molar refractivity (Wildman–Crippen MR) is 129 cm³/mol. The normalized spacial score (nSPS) is 11.8. The number of carboxylic acid groups (broad SMARTS) is 8. The minimum absolute atomic E-state index is 0.844. The minimum Gasteiger partial charge on any atom is -0.550 e. The van der Waals surface area contributed by atoms with E-state index >= 15 is 0 Å². The first-order valence-electron chi connectivity index (χ1n) is 13.3. The predicted octanol–water partition coefficient (Wildman–Crippen LogP) is -11.2. The highest BCUT2D eigenvalue weighted by atomic mass is 16.4. The summed E-state index contributed by atoms with van der Waals surface area (Å²) >= 11 is 0. The van der Waals surface area contributed by atoms with Crippen LogP contribution in [0.15, 0.2) is 0 Å². The second kappa shape index (κ2) is 13.9. The Bertz CT molecular complexity index is 1610. The molecule has 0 fully saturated rings. The Morgan fingerprint density at radius 1 is 0.271 bits per heavy atom. The largest absolute Gasteiger partial charge is 0.550 e. The van der Waals surface area contributed by atoms with Crippen LogP contribution in [-0.2, 0) is 89.7 Å². The molecule has 0 radical (unpaired) electrons. The lowest BCUT2D eigenvalue weighted by Gasteiger charge is -2.33. The molecule has 1 aliphatic rings. The summed E-state index contributed by atoms with van der Waals surface area (Å²) in [6.45, 7) is 0. The van der Waals surface area contributed by atoms with E-state index in [4.69, 9.17) is 0 Å². The number of carbonyl (C=O) groups is 10. The summed E-state index contributed by atoms with van der Waals surface area (Å²) in [5.74, 6) is -19.6. The third-order valence-corrected chi connectivity index (χ3v) is 7.37. The van der Waals surface area contributed by atoms with E-state index in [0.717, 1.165) is 0 Å². The molecule has 0 N–H and O–H groups in total. The Morgan fingerprint density at radius 2 is 0.396 bits per heavy atom. The molecule has 18 heteroatoms. The fourth-order valence-electron chi connectivity index (χ4n) is 5.98. The molecule has 0 saturated heterocycles. The van der Waals surface area contributed by atoms with Crippen molar-refractivity contribution in [3.05, 3.63) is 66.8 Å². The Balaban J connectivity index is 2.80. The van der Waals surface area contributed by atoms with Gasteiger partial charge in [0.25, 0.3) is 0 Å². The van der Waals surface area contributed by atoms with E-state index in [0.29, 0.717) is 0 Å². The van der Waals surface area contributed by atoms with Crippen LogP contribution in [0.1, 0.15) is 76.4 Å². The molecule has 0 bridgehead atoms. The summed E-state index contributed by atoms with van der Waals surface area (Å²) in [4.78, 5) is 123. The number of benzene rings is 2. The van der Waals surface area contributed by atoms with E-state index in [1.807, 2.05) is 0 Å². The lowest BCUT2D eigenvalue weighted by Crippen LogP contribution is -2.39. The van der Waals surface area contributed by atoms with Crippen LogP contribution < -0.4 is 40.9 Å². The van der Waals surface area contributed by atoms with Crippen LogP contribution in [0.25, 0.3) is 0 Å². The molecular weight excluding hydrogens is 648 g/mol. The van der Waals surface area contributed by atoms with Gasteiger partial charge in [0.05, 0.1) is 0 Å². The fraction of sp³-hybridized carbons (Fsp3) is 0.267. The lowest BCUT2D eigenvalue weighted by atomic mass is 9.69. The Labute approximate surface area is 266 Å². The molecule has 2 aromatic carbocycles. The van der Waals surface area contributed by atoms with Gasteiger partial charge in [0.1, 0.15) is 0 Å². The second-order valence-electron chi connectivity index (χ2n) is 10.4. The summed E-state index contributed by atoms with van der Waals surface area (Å²) in [6, 6.07) is 0. The molecule has 0 saturated carbocycles. The molecule has 1 aliphatic carbocycles. The lowest BCUT2D eigenvalue weighted by molar-refractivity contribution is -0.307. The number of rotatable bonds is 16. The van der Waals surface area contributed by atoms with Gasteiger partial charge in [0.15, 0.2) is 11.6 Å². The second-order valence-corrected chi connectivity index (χ2v) is 10.4. The smallest absolute Gasteiger partial charge is 0.195 e. The number of fused-ring (bicyclic) bond motifs is 2. The van der Waals surface area contributed by atoms with Gasteiger partial charge in [-0.05, 0) is 44.5 Å². The van der Waals surface area contributed by atoms with Crippen molar-refractivity contribution in [3.8, 4) is 0 Å². The highest BCUT2D eigenvalue weighted by Gasteiger charge is 2.41. The van der Waals surface area contributed by atoms with Crippen molar-refractivity contribution in [3.63, 3.8) is 0 Å². The first-order valence-corrected chi connectivity index (χ1v) is 13.3. The zero-order chi connectivity index (χ0) is 36.4. The monoisotopic (exact) mass is 664 g/mol. The summed E-state index contributed by atoms with van der Waals surface area (Å²) < 4.78 is 0. The van der Waals surface area contributed by atoms with Crippen molar-refractivity contribution in [2.24, 2.45) is 0 Å². The van der Waals surface area contributed by atoms with Gasteiger partial charge in [0.2, 0.25) is 0 Å². The first-order chi connectivity index (χ1) is 22.3. The SMILES string of the molecule is O=C([O-])Cc1c(CC(=O)[O-])c(CC(=O)[O-])c2c(c1CC(=O)[O-])C(=O)c1c(CC(=O)[O-])c(CC(=O)[O-])c(CC(=O)[O-])c(CC(=O)[O-])c1C2=O. The van der Waals surface area contributed by atoms with Crippen molar-refractivity contribution in [2.75, 3.05) is 0 Å². The Morgan fingerprint density at radius 3 is 0.521 bits per heavy atom. The number of carboxylic acids is 8. The molecule has 0 heterocycles. The molecule has 0 amide bonds. The molecule has 0 aromatic heterocycles. The standard InChI is InChI=1S/C30H24O18/c31-17(32)1-9-10(2-18(33)34)14(6-22(41)42)26-25(13(9)5-21(39)40)29(47)27-15(7-23(43)44)11(3-19(35)36)12(4-20(37)38)16(8-24(45)46)28(27)30(26)48/h1-8H2,(H,31,32)(H,33,34)(H,35,36)(H,37,38)(H,39,40)(H,41,42)(H,43,44)(H,45,46)/p-8. The maximum atomic E-state index is 14.4.